The van der Waals surface area contributed by atoms with Crippen LogP contribution in [0.1, 0.15) is 84.8 Å². The van der Waals surface area contributed by atoms with Gasteiger partial charge in [0.15, 0.2) is 0 Å². The zero-order chi connectivity index (χ0) is 25.0. The third-order valence-corrected chi connectivity index (χ3v) is 8.37. The first-order valence-corrected chi connectivity index (χ1v) is 14.0. The zero-order valence-electron chi connectivity index (χ0n) is 21.3. The van der Waals surface area contributed by atoms with Crippen LogP contribution in [0.25, 0.3) is 0 Å². The highest BCUT2D eigenvalue weighted by molar-refractivity contribution is 7.13. The lowest BCUT2D eigenvalue weighted by Crippen LogP contribution is -2.35. The molecule has 1 amide bonds. The lowest BCUT2D eigenvalue weighted by Gasteiger charge is -2.27. The Kier molecular flexibility index (Phi) is 11.3. The number of methoxy groups -OCH3 is 1. The smallest absolute Gasteiger partial charge is 0.348 e. The molecule has 1 N–H and O–H groups in total. The lowest BCUT2D eigenvalue weighted by atomic mass is 9.92. The number of nitrogens with zero attached hydrogens (tertiary/aromatic N) is 1. The fraction of sp³-hybridized carbons (Fsp3) is 0.586. The van der Waals surface area contributed by atoms with E-state index in [9.17, 15) is 14.7 Å². The summed E-state index contributed by atoms with van der Waals surface area (Å²) < 4.78 is 4.77. The van der Waals surface area contributed by atoms with Crippen molar-refractivity contribution in [2.24, 2.45) is 5.92 Å². The summed E-state index contributed by atoms with van der Waals surface area (Å²) in [5.74, 6) is 0.230. The van der Waals surface area contributed by atoms with Gasteiger partial charge in [0.05, 0.1) is 13.2 Å². The molecule has 0 radical (unpaired) electrons. The zero-order valence-corrected chi connectivity index (χ0v) is 22.1. The molecular weight excluding hydrogens is 458 g/mol. The Hall–Kier alpha value is -2.18. The topological polar surface area (TPSA) is 66.8 Å². The predicted octanol–water partition coefficient (Wildman–Crippen LogP) is 6.04. The highest BCUT2D eigenvalue weighted by atomic mass is 32.1. The second-order valence-corrected chi connectivity index (χ2v) is 11.0. The Morgan fingerprint density at radius 2 is 1.89 bits per heavy atom. The van der Waals surface area contributed by atoms with Gasteiger partial charge in [-0.05, 0) is 75.0 Å². The minimum atomic E-state index is -0.301. The lowest BCUT2D eigenvalue weighted by molar-refractivity contribution is -0.129. The Labute approximate surface area is 214 Å². The van der Waals surface area contributed by atoms with Gasteiger partial charge in [0.2, 0.25) is 5.91 Å². The molecule has 1 aliphatic heterocycles. The van der Waals surface area contributed by atoms with Crippen molar-refractivity contribution in [3.8, 4) is 0 Å². The molecule has 2 heterocycles. The number of ether oxygens (including phenoxy) is 1. The first-order chi connectivity index (χ1) is 17.0. The van der Waals surface area contributed by atoms with Gasteiger partial charge in [0.1, 0.15) is 4.88 Å². The molecule has 35 heavy (non-hydrogen) atoms. The Morgan fingerprint density at radius 1 is 1.09 bits per heavy atom. The first kappa shape index (κ1) is 27.4. The summed E-state index contributed by atoms with van der Waals surface area (Å²) in [5, 5.41) is 10.7. The highest BCUT2D eigenvalue weighted by Gasteiger charge is 2.31. The van der Waals surface area contributed by atoms with Crippen LogP contribution in [0.5, 0.6) is 0 Å². The van der Waals surface area contributed by atoms with E-state index in [0.29, 0.717) is 17.2 Å². The van der Waals surface area contributed by atoms with Crippen molar-refractivity contribution >= 4 is 23.2 Å². The first-order valence-electron chi connectivity index (χ1n) is 13.2. The van der Waals surface area contributed by atoms with Gasteiger partial charge in [-0.3, -0.25) is 4.79 Å². The normalized spacial score (nSPS) is 17.5. The molecule has 0 spiro atoms. The third-order valence-electron chi connectivity index (χ3n) is 7.24. The molecule has 0 aliphatic carbocycles. The van der Waals surface area contributed by atoms with Crippen LogP contribution in [0, 0.1) is 5.92 Å². The molecule has 3 atom stereocenters. The van der Waals surface area contributed by atoms with Crippen LogP contribution in [0.3, 0.4) is 0 Å². The molecule has 1 aromatic heterocycles. The summed E-state index contributed by atoms with van der Waals surface area (Å²) in [4.78, 5) is 27.9. The van der Waals surface area contributed by atoms with Gasteiger partial charge in [0.25, 0.3) is 0 Å². The number of rotatable bonds is 15. The number of esters is 1. The number of aryl methyl sites for hydroxylation is 2. The van der Waals surface area contributed by atoms with Gasteiger partial charge in [-0.1, -0.05) is 50.1 Å². The second kappa shape index (κ2) is 14.4. The molecule has 192 valence electrons. The van der Waals surface area contributed by atoms with E-state index in [1.807, 2.05) is 17.0 Å². The monoisotopic (exact) mass is 499 g/mol. The SMILES string of the molecule is COC(=O)c1ccc(CCCN2C(=O)CC[C@@H]2CC[C@@H](O)[C@H](C)CCCCCc2ccccc2)s1. The number of hydrogen-bond donors (Lipinski definition) is 1. The van der Waals surface area contributed by atoms with Gasteiger partial charge in [0, 0.05) is 23.9 Å². The van der Waals surface area contributed by atoms with Crippen molar-refractivity contribution in [3.05, 3.63) is 57.8 Å². The number of amides is 1. The van der Waals surface area contributed by atoms with E-state index in [-0.39, 0.29) is 24.0 Å². The van der Waals surface area contributed by atoms with Crippen molar-refractivity contribution in [1.82, 2.24) is 4.90 Å². The van der Waals surface area contributed by atoms with Crippen LogP contribution in [-0.4, -0.2) is 47.7 Å². The molecule has 1 aromatic carbocycles. The van der Waals surface area contributed by atoms with Crippen LogP contribution in [0.4, 0.5) is 0 Å². The van der Waals surface area contributed by atoms with Crippen molar-refractivity contribution in [2.75, 3.05) is 13.7 Å². The fourth-order valence-corrected chi connectivity index (χ4v) is 5.97. The number of carbonyl (C=O) groups is 2. The number of aliphatic hydroxyl groups excluding tert-OH is 1. The highest BCUT2D eigenvalue weighted by Crippen LogP contribution is 2.27. The molecule has 1 fully saturated rings. The minimum absolute atomic E-state index is 0.234. The van der Waals surface area contributed by atoms with E-state index < -0.39 is 0 Å². The van der Waals surface area contributed by atoms with E-state index in [1.54, 1.807) is 0 Å². The van der Waals surface area contributed by atoms with Crippen LogP contribution in [0.15, 0.2) is 42.5 Å². The Morgan fingerprint density at radius 3 is 2.66 bits per heavy atom. The summed E-state index contributed by atoms with van der Waals surface area (Å²) in [6.07, 6.45) is 10.3. The molecule has 6 heteroatoms. The molecule has 3 rings (SSSR count). The van der Waals surface area contributed by atoms with Crippen LogP contribution >= 0.6 is 11.3 Å². The van der Waals surface area contributed by atoms with Gasteiger partial charge < -0.3 is 14.7 Å². The molecule has 0 bridgehead atoms. The molecule has 2 aromatic rings. The minimum Gasteiger partial charge on any atom is -0.465 e. The van der Waals surface area contributed by atoms with E-state index in [2.05, 4.69) is 37.3 Å². The van der Waals surface area contributed by atoms with Gasteiger partial charge in [-0.25, -0.2) is 4.79 Å². The maximum atomic E-state index is 12.4. The fourth-order valence-electron chi connectivity index (χ4n) is 5.00. The van der Waals surface area contributed by atoms with E-state index >= 15 is 0 Å². The number of thiophene rings is 1. The predicted molar refractivity (Wildman–Crippen MR) is 142 cm³/mol. The van der Waals surface area contributed by atoms with Crippen molar-refractivity contribution in [2.45, 2.75) is 89.7 Å². The number of hydrogen-bond acceptors (Lipinski definition) is 5. The number of carbonyl (C=O) groups excluding carboxylic acids is 2. The maximum absolute atomic E-state index is 12.4. The Balaban J connectivity index is 1.32. The number of benzene rings is 1. The van der Waals surface area contributed by atoms with E-state index in [1.165, 1.54) is 36.9 Å². The van der Waals surface area contributed by atoms with E-state index in [0.717, 1.165) is 62.8 Å². The largest absolute Gasteiger partial charge is 0.465 e. The van der Waals surface area contributed by atoms with Crippen molar-refractivity contribution < 1.29 is 19.4 Å². The summed E-state index contributed by atoms with van der Waals surface area (Å²) in [5.41, 5.74) is 1.40. The number of likely N-dealkylation sites (tertiary alicyclic amines) is 1. The summed E-state index contributed by atoms with van der Waals surface area (Å²) >= 11 is 1.46. The molecule has 1 saturated heterocycles. The van der Waals surface area contributed by atoms with Crippen LogP contribution in [-0.2, 0) is 22.4 Å². The summed E-state index contributed by atoms with van der Waals surface area (Å²) in [7, 11) is 1.39. The average molecular weight is 500 g/mol. The number of unbranched alkanes of at least 4 members (excludes halogenated alkanes) is 2. The molecule has 5 nitrogen and oxygen atoms in total. The van der Waals surface area contributed by atoms with Gasteiger partial charge in [-0.15, -0.1) is 11.3 Å². The van der Waals surface area contributed by atoms with Crippen molar-refractivity contribution in [3.63, 3.8) is 0 Å². The number of aliphatic hydroxyl groups is 1. The van der Waals surface area contributed by atoms with Gasteiger partial charge >= 0.3 is 5.97 Å². The van der Waals surface area contributed by atoms with Crippen LogP contribution in [0.2, 0.25) is 0 Å². The molecular formula is C29H41NO4S. The quantitative estimate of drug-likeness (QED) is 0.240. The summed E-state index contributed by atoms with van der Waals surface area (Å²) in [6, 6.07) is 14.6. The second-order valence-electron chi connectivity index (χ2n) is 9.85. The average Bonchev–Trinajstić information content (AvgIpc) is 3.49. The summed E-state index contributed by atoms with van der Waals surface area (Å²) in [6.45, 7) is 2.89. The van der Waals surface area contributed by atoms with Gasteiger partial charge in [-0.2, -0.15) is 0 Å². The van der Waals surface area contributed by atoms with E-state index in [4.69, 9.17) is 4.74 Å². The molecule has 0 saturated carbocycles. The molecule has 1 aliphatic rings. The Bertz CT molecular complexity index is 912. The maximum Gasteiger partial charge on any atom is 0.348 e. The molecule has 0 unspecified atom stereocenters. The standard InChI is InChI=1S/C29H41NO4S/c1-22(10-5-3-6-11-23-12-7-4-8-13-23)26(31)18-15-24-16-20-28(32)30(24)21-9-14-25-17-19-27(35-25)29(33)34-2/h4,7-8,12-13,17,19,22,24,26,31H,3,5-6,9-11,14-16,18,20-21H2,1-2H3/t22-,24+,26-/m1/s1. The van der Waals surface area contributed by atoms with Crippen LogP contribution < -0.4 is 0 Å². The van der Waals surface area contributed by atoms with Crippen molar-refractivity contribution in [1.29, 1.82) is 0 Å². The third kappa shape index (κ3) is 8.76.